The van der Waals surface area contributed by atoms with Gasteiger partial charge in [0.15, 0.2) is 5.96 Å². The number of aromatic nitrogens is 1. The number of nitrogens with zero attached hydrogens (tertiary/aromatic N) is 2. The zero-order chi connectivity index (χ0) is 18.7. The van der Waals surface area contributed by atoms with Gasteiger partial charge in [-0.1, -0.05) is 25.1 Å². The first kappa shape index (κ1) is 21.4. The predicted octanol–water partition coefficient (Wildman–Crippen LogP) is 4.83. The van der Waals surface area contributed by atoms with Crippen molar-refractivity contribution >= 4 is 41.3 Å². The summed E-state index contributed by atoms with van der Waals surface area (Å²) in [5.74, 6) is 1.83. The Hall–Kier alpha value is -1.35. The molecule has 7 heteroatoms. The highest BCUT2D eigenvalue weighted by Gasteiger charge is 2.43. The van der Waals surface area contributed by atoms with E-state index >= 15 is 0 Å². The first-order valence-electron chi connectivity index (χ1n) is 9.90. The van der Waals surface area contributed by atoms with Gasteiger partial charge in [-0.25, -0.2) is 4.98 Å². The van der Waals surface area contributed by atoms with E-state index in [1.54, 1.807) is 11.3 Å². The molecule has 2 heterocycles. The average molecular weight is 512 g/mol. The summed E-state index contributed by atoms with van der Waals surface area (Å²) in [4.78, 5) is 9.07. The SMILES string of the molecule is CCc1nc(CNC(=NC)NC2CC3(CCCC3)Oc3ccccc32)cs1.I. The van der Waals surface area contributed by atoms with Crippen LogP contribution in [0.5, 0.6) is 5.75 Å². The van der Waals surface area contributed by atoms with E-state index in [1.165, 1.54) is 23.4 Å². The van der Waals surface area contributed by atoms with E-state index in [-0.39, 0.29) is 35.6 Å². The third kappa shape index (κ3) is 4.62. The van der Waals surface area contributed by atoms with Crippen LogP contribution in [-0.2, 0) is 13.0 Å². The van der Waals surface area contributed by atoms with E-state index in [0.717, 1.165) is 43.1 Å². The minimum atomic E-state index is -0.0180. The molecule has 0 saturated heterocycles. The molecule has 1 unspecified atom stereocenters. The maximum Gasteiger partial charge on any atom is 0.191 e. The van der Waals surface area contributed by atoms with Gasteiger partial charge in [0.05, 0.1) is 23.3 Å². The summed E-state index contributed by atoms with van der Waals surface area (Å²) in [6, 6.07) is 8.61. The van der Waals surface area contributed by atoms with Crippen LogP contribution in [0, 0.1) is 0 Å². The zero-order valence-corrected chi connectivity index (χ0v) is 19.7. The molecular weight excluding hydrogens is 483 g/mol. The molecule has 1 saturated carbocycles. The van der Waals surface area contributed by atoms with Gasteiger partial charge in [-0.3, -0.25) is 4.99 Å². The number of aliphatic imine (C=N–C) groups is 1. The number of aryl methyl sites for hydroxylation is 1. The van der Waals surface area contributed by atoms with Gasteiger partial charge in [0, 0.05) is 24.4 Å². The van der Waals surface area contributed by atoms with Crippen molar-refractivity contribution < 1.29 is 4.74 Å². The topological polar surface area (TPSA) is 58.5 Å². The number of thiazole rings is 1. The number of nitrogens with one attached hydrogen (secondary N) is 2. The van der Waals surface area contributed by atoms with Crippen molar-refractivity contribution in [1.82, 2.24) is 15.6 Å². The lowest BCUT2D eigenvalue weighted by molar-refractivity contribution is 0.0396. The van der Waals surface area contributed by atoms with Gasteiger partial charge in [-0.2, -0.15) is 0 Å². The van der Waals surface area contributed by atoms with Gasteiger partial charge in [-0.05, 0) is 38.2 Å². The number of rotatable bonds is 4. The second-order valence-electron chi connectivity index (χ2n) is 7.44. The van der Waals surface area contributed by atoms with E-state index in [4.69, 9.17) is 4.74 Å². The second-order valence-corrected chi connectivity index (χ2v) is 8.39. The molecule has 1 aromatic carbocycles. The van der Waals surface area contributed by atoms with Gasteiger partial charge in [-0.15, -0.1) is 35.3 Å². The average Bonchev–Trinajstić information content (AvgIpc) is 3.34. The van der Waals surface area contributed by atoms with Gasteiger partial charge >= 0.3 is 0 Å². The first-order valence-corrected chi connectivity index (χ1v) is 10.8. The number of para-hydroxylation sites is 1. The molecule has 0 radical (unpaired) electrons. The molecule has 0 bridgehead atoms. The summed E-state index contributed by atoms with van der Waals surface area (Å²) < 4.78 is 6.46. The Morgan fingerprint density at radius 2 is 2.11 bits per heavy atom. The Morgan fingerprint density at radius 1 is 1.32 bits per heavy atom. The Kier molecular flexibility index (Phi) is 7.20. The lowest BCUT2D eigenvalue weighted by Gasteiger charge is -2.40. The molecule has 1 spiro atoms. The number of guanidine groups is 1. The van der Waals surface area contributed by atoms with Gasteiger partial charge in [0.2, 0.25) is 0 Å². The minimum absolute atomic E-state index is 0. The maximum atomic E-state index is 6.46. The van der Waals surface area contributed by atoms with Crippen LogP contribution >= 0.6 is 35.3 Å². The Morgan fingerprint density at radius 3 is 2.82 bits per heavy atom. The van der Waals surface area contributed by atoms with E-state index in [9.17, 15) is 0 Å². The monoisotopic (exact) mass is 512 g/mol. The highest BCUT2D eigenvalue weighted by Crippen LogP contribution is 2.46. The molecular formula is C21H29IN4OS. The highest BCUT2D eigenvalue weighted by molar-refractivity contribution is 14.0. The predicted molar refractivity (Wildman–Crippen MR) is 126 cm³/mol. The van der Waals surface area contributed by atoms with Crippen LogP contribution in [0.15, 0.2) is 34.6 Å². The summed E-state index contributed by atoms with van der Waals surface area (Å²) in [7, 11) is 1.82. The fraction of sp³-hybridized carbons (Fsp3) is 0.524. The number of fused-ring (bicyclic) bond motifs is 1. The zero-order valence-electron chi connectivity index (χ0n) is 16.5. The maximum absolute atomic E-state index is 6.46. The number of benzene rings is 1. The van der Waals surface area contributed by atoms with Gasteiger partial charge < -0.3 is 15.4 Å². The first-order chi connectivity index (χ1) is 13.2. The van der Waals surface area contributed by atoms with Crippen LogP contribution in [0.4, 0.5) is 0 Å². The smallest absolute Gasteiger partial charge is 0.191 e. The lowest BCUT2D eigenvalue weighted by atomic mass is 9.86. The molecule has 1 aliphatic carbocycles. The Balaban J connectivity index is 0.00000225. The van der Waals surface area contributed by atoms with Crippen LogP contribution in [0.3, 0.4) is 0 Å². The molecule has 1 atom stereocenters. The van der Waals surface area contributed by atoms with Crippen molar-refractivity contribution in [1.29, 1.82) is 0 Å². The molecule has 2 aliphatic rings. The summed E-state index contributed by atoms with van der Waals surface area (Å²) in [5.41, 5.74) is 2.27. The summed E-state index contributed by atoms with van der Waals surface area (Å²) in [5, 5.41) is 10.4. The molecule has 0 amide bonds. The molecule has 152 valence electrons. The van der Waals surface area contributed by atoms with Crippen molar-refractivity contribution in [2.45, 2.75) is 63.6 Å². The van der Waals surface area contributed by atoms with Crippen molar-refractivity contribution in [2.24, 2.45) is 4.99 Å². The van der Waals surface area contributed by atoms with E-state index < -0.39 is 0 Å². The summed E-state index contributed by atoms with van der Waals surface area (Å²) >= 11 is 1.72. The molecule has 1 aliphatic heterocycles. The molecule has 2 aromatic rings. The molecule has 4 rings (SSSR count). The van der Waals surface area contributed by atoms with E-state index in [0.29, 0.717) is 6.54 Å². The minimum Gasteiger partial charge on any atom is -0.487 e. The van der Waals surface area contributed by atoms with E-state index in [1.807, 2.05) is 7.05 Å². The third-order valence-corrected chi connectivity index (χ3v) is 6.63. The van der Waals surface area contributed by atoms with Gasteiger partial charge in [0.1, 0.15) is 11.4 Å². The number of hydrogen-bond donors (Lipinski definition) is 2. The molecule has 2 N–H and O–H groups in total. The van der Waals surface area contributed by atoms with Crippen LogP contribution in [-0.4, -0.2) is 23.6 Å². The molecule has 1 aromatic heterocycles. The normalized spacial score (nSPS) is 20.2. The number of hydrogen-bond acceptors (Lipinski definition) is 4. The van der Waals surface area contributed by atoms with Crippen LogP contribution < -0.4 is 15.4 Å². The Labute approximate surface area is 188 Å². The van der Waals surface area contributed by atoms with Crippen molar-refractivity contribution in [3.63, 3.8) is 0 Å². The summed E-state index contributed by atoms with van der Waals surface area (Å²) in [6.07, 6.45) is 6.77. The van der Waals surface area contributed by atoms with Crippen LogP contribution in [0.1, 0.15) is 61.3 Å². The van der Waals surface area contributed by atoms with E-state index in [2.05, 4.69) is 57.2 Å². The van der Waals surface area contributed by atoms with Crippen LogP contribution in [0.2, 0.25) is 0 Å². The third-order valence-electron chi connectivity index (χ3n) is 5.59. The quantitative estimate of drug-likeness (QED) is 0.350. The van der Waals surface area contributed by atoms with Crippen LogP contribution in [0.25, 0.3) is 0 Å². The van der Waals surface area contributed by atoms with Crippen molar-refractivity contribution in [2.75, 3.05) is 7.05 Å². The standard InChI is InChI=1S/C21H28N4OS.HI/c1-3-19-24-15(14-27-19)13-23-20(22-2)25-17-12-21(10-6-7-11-21)26-18-9-5-4-8-16(17)18;/h4-5,8-9,14,17H,3,6-7,10-13H2,1-2H3,(H2,22,23,25);1H. The molecule has 1 fully saturated rings. The molecule has 5 nitrogen and oxygen atoms in total. The molecule has 28 heavy (non-hydrogen) atoms. The second kappa shape index (κ2) is 9.43. The number of ether oxygens (including phenoxy) is 1. The largest absolute Gasteiger partial charge is 0.487 e. The summed E-state index contributed by atoms with van der Waals surface area (Å²) in [6.45, 7) is 2.82. The van der Waals surface area contributed by atoms with Crippen molar-refractivity contribution in [3.05, 3.63) is 45.9 Å². The van der Waals surface area contributed by atoms with Gasteiger partial charge in [0.25, 0.3) is 0 Å². The number of halogens is 1. The van der Waals surface area contributed by atoms with Crippen molar-refractivity contribution in [3.8, 4) is 5.75 Å². The Bertz CT molecular complexity index is 816. The fourth-order valence-electron chi connectivity index (χ4n) is 4.20. The lowest BCUT2D eigenvalue weighted by Crippen LogP contribution is -2.46. The fourth-order valence-corrected chi connectivity index (χ4v) is 4.94. The highest BCUT2D eigenvalue weighted by atomic mass is 127.